The highest BCUT2D eigenvalue weighted by atomic mass is 16.2. The molecule has 4 rings (SSSR count). The lowest BCUT2D eigenvalue weighted by Gasteiger charge is -2.18. The summed E-state index contributed by atoms with van der Waals surface area (Å²) in [4.78, 5) is 29.9. The minimum absolute atomic E-state index is 0.136. The van der Waals surface area contributed by atoms with Crippen LogP contribution in [0.15, 0.2) is 91.5 Å². The second kappa shape index (κ2) is 7.88. The molecule has 0 aliphatic rings. The Morgan fingerprint density at radius 1 is 0.893 bits per heavy atom. The lowest BCUT2D eigenvalue weighted by Crippen LogP contribution is -2.43. The molecular formula is C23H19N3O2. The van der Waals surface area contributed by atoms with Crippen molar-refractivity contribution >= 4 is 22.5 Å². The van der Waals surface area contributed by atoms with Gasteiger partial charge in [0.2, 0.25) is 0 Å². The van der Waals surface area contributed by atoms with E-state index in [-0.39, 0.29) is 11.7 Å². The second-order valence-corrected chi connectivity index (χ2v) is 6.58. The van der Waals surface area contributed by atoms with Crippen molar-refractivity contribution in [2.75, 3.05) is 0 Å². The molecule has 4 aromatic rings. The van der Waals surface area contributed by atoms with E-state index in [1.807, 2.05) is 54.6 Å². The van der Waals surface area contributed by atoms with Gasteiger partial charge in [0.15, 0.2) is 5.78 Å². The van der Waals surface area contributed by atoms with Crippen LogP contribution in [0.1, 0.15) is 20.7 Å². The van der Waals surface area contributed by atoms with E-state index < -0.39 is 6.04 Å². The van der Waals surface area contributed by atoms with Crippen LogP contribution in [0.3, 0.4) is 0 Å². The monoisotopic (exact) mass is 369 g/mol. The molecule has 0 radical (unpaired) electrons. The summed E-state index contributed by atoms with van der Waals surface area (Å²) in [5.74, 6) is -0.413. The largest absolute Gasteiger partial charge is 0.340 e. The highest BCUT2D eigenvalue weighted by Crippen LogP contribution is 2.16. The Morgan fingerprint density at radius 3 is 2.39 bits per heavy atom. The zero-order chi connectivity index (χ0) is 19.3. The molecule has 0 saturated carbocycles. The molecule has 1 aromatic heterocycles. The molecule has 1 heterocycles. The van der Waals surface area contributed by atoms with Crippen molar-refractivity contribution in [1.82, 2.24) is 14.9 Å². The van der Waals surface area contributed by atoms with Crippen molar-refractivity contribution in [3.8, 4) is 0 Å². The normalized spacial score (nSPS) is 11.9. The van der Waals surface area contributed by atoms with E-state index in [2.05, 4.69) is 10.3 Å². The maximum absolute atomic E-state index is 13.0. The summed E-state index contributed by atoms with van der Waals surface area (Å²) >= 11 is 0. The quantitative estimate of drug-likeness (QED) is 0.527. The fourth-order valence-electron chi connectivity index (χ4n) is 3.18. The molecule has 5 heteroatoms. The van der Waals surface area contributed by atoms with Crippen LogP contribution in [-0.2, 0) is 6.54 Å². The standard InChI is InChI=1S/C23H19N3O2/c27-22(18-7-2-1-3-8-18)21(15-26-13-12-24-16-26)25-23(28)20-11-10-17-6-4-5-9-19(17)14-20/h1-14,16,21H,15H2,(H,25,28). The Kier molecular flexibility index (Phi) is 4.97. The number of rotatable bonds is 6. The van der Waals surface area contributed by atoms with Crippen molar-refractivity contribution in [2.45, 2.75) is 12.6 Å². The van der Waals surface area contributed by atoms with Crippen LogP contribution in [-0.4, -0.2) is 27.3 Å². The predicted molar refractivity (Wildman–Crippen MR) is 108 cm³/mol. The second-order valence-electron chi connectivity index (χ2n) is 6.58. The number of hydrogen-bond donors (Lipinski definition) is 1. The maximum Gasteiger partial charge on any atom is 0.251 e. The molecule has 1 N–H and O–H groups in total. The first-order valence-electron chi connectivity index (χ1n) is 9.05. The van der Waals surface area contributed by atoms with E-state index in [4.69, 9.17) is 0 Å². The van der Waals surface area contributed by atoms with Gasteiger partial charge in [-0.1, -0.05) is 60.7 Å². The summed E-state index contributed by atoms with van der Waals surface area (Å²) in [7, 11) is 0. The van der Waals surface area contributed by atoms with Crippen LogP contribution in [0, 0.1) is 0 Å². The third kappa shape index (κ3) is 3.83. The first-order valence-corrected chi connectivity index (χ1v) is 9.05. The van der Waals surface area contributed by atoms with E-state index in [0.29, 0.717) is 17.7 Å². The van der Waals surface area contributed by atoms with Crippen LogP contribution in [0.2, 0.25) is 0 Å². The fourth-order valence-corrected chi connectivity index (χ4v) is 3.18. The van der Waals surface area contributed by atoms with Gasteiger partial charge in [-0.2, -0.15) is 0 Å². The van der Waals surface area contributed by atoms with Crippen LogP contribution >= 0.6 is 0 Å². The lowest BCUT2D eigenvalue weighted by molar-refractivity contribution is 0.0847. The highest BCUT2D eigenvalue weighted by Gasteiger charge is 2.23. The Labute approximate surface area is 162 Å². The van der Waals surface area contributed by atoms with Crippen molar-refractivity contribution in [3.05, 3.63) is 103 Å². The van der Waals surface area contributed by atoms with Crippen molar-refractivity contribution in [2.24, 2.45) is 0 Å². The fraction of sp³-hybridized carbons (Fsp3) is 0.0870. The van der Waals surface area contributed by atoms with Crippen molar-refractivity contribution in [3.63, 3.8) is 0 Å². The van der Waals surface area contributed by atoms with Crippen LogP contribution in [0.25, 0.3) is 10.8 Å². The average molecular weight is 369 g/mol. The van der Waals surface area contributed by atoms with Gasteiger partial charge < -0.3 is 9.88 Å². The third-order valence-electron chi connectivity index (χ3n) is 4.64. The van der Waals surface area contributed by atoms with Gasteiger partial charge in [-0.3, -0.25) is 9.59 Å². The number of benzene rings is 3. The number of imidazole rings is 1. The Hall–Kier alpha value is -3.73. The summed E-state index contributed by atoms with van der Waals surface area (Å²) < 4.78 is 1.78. The van der Waals surface area contributed by atoms with E-state index in [0.717, 1.165) is 10.8 Å². The number of amides is 1. The number of carbonyl (C=O) groups is 2. The molecule has 138 valence electrons. The number of fused-ring (bicyclic) bond motifs is 1. The Bertz CT molecular complexity index is 1110. The van der Waals surface area contributed by atoms with Crippen LogP contribution in [0.4, 0.5) is 0 Å². The minimum Gasteiger partial charge on any atom is -0.340 e. The number of carbonyl (C=O) groups excluding carboxylic acids is 2. The summed E-state index contributed by atoms with van der Waals surface area (Å²) in [5.41, 5.74) is 1.08. The van der Waals surface area contributed by atoms with Gasteiger partial charge in [0.05, 0.1) is 12.9 Å². The molecular weight excluding hydrogens is 350 g/mol. The molecule has 0 saturated heterocycles. The van der Waals surface area contributed by atoms with Gasteiger partial charge in [-0.15, -0.1) is 0 Å². The first-order chi connectivity index (χ1) is 13.7. The predicted octanol–water partition coefficient (Wildman–Crippen LogP) is 3.72. The molecule has 1 unspecified atom stereocenters. The van der Waals surface area contributed by atoms with E-state index >= 15 is 0 Å². The van der Waals surface area contributed by atoms with E-state index in [1.165, 1.54) is 0 Å². The average Bonchev–Trinajstić information content (AvgIpc) is 3.26. The molecule has 1 atom stereocenters. The van der Waals surface area contributed by atoms with Gasteiger partial charge in [0, 0.05) is 23.5 Å². The molecule has 28 heavy (non-hydrogen) atoms. The van der Waals surface area contributed by atoms with Crippen molar-refractivity contribution < 1.29 is 9.59 Å². The van der Waals surface area contributed by atoms with Gasteiger partial charge in [-0.25, -0.2) is 4.98 Å². The lowest BCUT2D eigenvalue weighted by atomic mass is 10.0. The van der Waals surface area contributed by atoms with Gasteiger partial charge in [-0.05, 0) is 22.9 Å². The zero-order valence-electron chi connectivity index (χ0n) is 15.2. The highest BCUT2D eigenvalue weighted by molar-refractivity contribution is 6.05. The summed E-state index contributed by atoms with van der Waals surface area (Å²) in [6.45, 7) is 0.313. The molecule has 0 aliphatic heterocycles. The topological polar surface area (TPSA) is 64.0 Å². The first kappa shape index (κ1) is 17.7. The molecule has 5 nitrogen and oxygen atoms in total. The SMILES string of the molecule is O=C(NC(Cn1ccnc1)C(=O)c1ccccc1)c1ccc2ccccc2c1. The maximum atomic E-state index is 13.0. The number of aromatic nitrogens is 2. The molecule has 1 amide bonds. The third-order valence-corrected chi connectivity index (χ3v) is 4.64. The molecule has 0 spiro atoms. The van der Waals surface area contributed by atoms with Crippen molar-refractivity contribution in [1.29, 1.82) is 0 Å². The minimum atomic E-state index is -0.699. The molecule has 0 bridgehead atoms. The van der Waals surface area contributed by atoms with Gasteiger partial charge in [0.1, 0.15) is 6.04 Å². The molecule has 0 aliphatic carbocycles. The summed E-state index contributed by atoms with van der Waals surface area (Å²) in [5, 5.41) is 4.94. The van der Waals surface area contributed by atoms with Gasteiger partial charge in [0.25, 0.3) is 5.91 Å². The summed E-state index contributed by atoms with van der Waals surface area (Å²) in [6.07, 6.45) is 5.05. The number of ketones is 1. The van der Waals surface area contributed by atoms with E-state index in [9.17, 15) is 9.59 Å². The molecule has 3 aromatic carbocycles. The summed E-state index contributed by atoms with van der Waals surface area (Å²) in [6, 6.07) is 21.7. The molecule has 0 fully saturated rings. The number of nitrogens with one attached hydrogen (secondary N) is 1. The number of nitrogens with zero attached hydrogens (tertiary/aromatic N) is 2. The smallest absolute Gasteiger partial charge is 0.251 e. The zero-order valence-corrected chi connectivity index (χ0v) is 15.2. The van der Waals surface area contributed by atoms with Crippen LogP contribution < -0.4 is 5.32 Å². The van der Waals surface area contributed by atoms with E-state index in [1.54, 1.807) is 41.5 Å². The number of Topliss-reactive ketones (excluding diaryl/α,β-unsaturated/α-hetero) is 1. The Morgan fingerprint density at radius 2 is 1.64 bits per heavy atom. The number of hydrogen-bond acceptors (Lipinski definition) is 3. The Balaban J connectivity index is 1.60. The van der Waals surface area contributed by atoms with Gasteiger partial charge >= 0.3 is 0 Å². The van der Waals surface area contributed by atoms with Crippen LogP contribution in [0.5, 0.6) is 0 Å².